The van der Waals surface area contributed by atoms with E-state index in [1.165, 1.54) is 16.7 Å². The van der Waals surface area contributed by atoms with Crippen LogP contribution in [0.2, 0.25) is 0 Å². The number of hydrogen-bond acceptors (Lipinski definition) is 4. The van der Waals surface area contributed by atoms with Crippen LogP contribution in [0.25, 0.3) is 0 Å². The third-order valence-corrected chi connectivity index (χ3v) is 4.63. The Balaban J connectivity index is 1.92. The van der Waals surface area contributed by atoms with E-state index in [1.807, 2.05) is 0 Å². The van der Waals surface area contributed by atoms with Gasteiger partial charge in [0.15, 0.2) is 0 Å². The molecule has 6 nitrogen and oxygen atoms in total. The predicted molar refractivity (Wildman–Crippen MR) is 76.8 cm³/mol. The Kier molecular flexibility index (Phi) is 5.54. The highest BCUT2D eigenvalue weighted by Gasteiger charge is 2.38. The first kappa shape index (κ1) is 15.4. The Morgan fingerprint density at radius 1 is 1.45 bits per heavy atom. The van der Waals surface area contributed by atoms with E-state index in [-0.39, 0.29) is 12.1 Å². The molecule has 2 saturated heterocycles. The van der Waals surface area contributed by atoms with Gasteiger partial charge in [-0.2, -0.15) is 0 Å². The van der Waals surface area contributed by atoms with Gasteiger partial charge in [-0.15, -0.1) is 11.8 Å². The fraction of sp³-hybridized carbons (Fsp3) is 0.846. The molecule has 7 heteroatoms. The number of carboxylic acid groups (broad SMARTS) is 1. The molecule has 2 heterocycles. The molecule has 0 aliphatic carbocycles. The summed E-state index contributed by atoms with van der Waals surface area (Å²) in [7, 11) is 0. The van der Waals surface area contributed by atoms with Crippen molar-refractivity contribution >= 4 is 23.8 Å². The molecule has 0 aromatic carbocycles. The first-order valence-electron chi connectivity index (χ1n) is 7.11. The van der Waals surface area contributed by atoms with Crippen LogP contribution in [0.3, 0.4) is 0 Å². The highest BCUT2D eigenvalue weighted by atomic mass is 32.2. The minimum Gasteiger partial charge on any atom is -0.480 e. The molecule has 2 rings (SSSR count). The number of rotatable bonds is 4. The molecule has 0 saturated carbocycles. The zero-order valence-electron chi connectivity index (χ0n) is 11.8. The largest absolute Gasteiger partial charge is 0.480 e. The van der Waals surface area contributed by atoms with Gasteiger partial charge in [-0.25, -0.2) is 9.59 Å². The van der Waals surface area contributed by atoms with Crippen molar-refractivity contribution in [3.8, 4) is 0 Å². The number of thioether (sulfide) groups is 1. The summed E-state index contributed by atoms with van der Waals surface area (Å²) in [6.07, 6.45) is 2.94. The number of ether oxygens (including phenoxy) is 1. The first-order chi connectivity index (χ1) is 9.63. The van der Waals surface area contributed by atoms with E-state index in [2.05, 4.69) is 6.92 Å². The summed E-state index contributed by atoms with van der Waals surface area (Å²) in [4.78, 5) is 26.8. The number of carbonyl (C=O) groups excluding carboxylic acids is 1. The molecule has 1 N–H and O–H groups in total. The zero-order valence-corrected chi connectivity index (χ0v) is 12.6. The SMILES string of the molecule is CCCOC1CCCN(C(=O)N2CSC[C@H]2C(=O)O)C1. The minimum absolute atomic E-state index is 0.0891. The number of aliphatic carboxylic acids is 1. The third kappa shape index (κ3) is 3.58. The second-order valence-corrected chi connectivity index (χ2v) is 6.19. The molecule has 2 amide bonds. The number of nitrogens with zero attached hydrogens (tertiary/aromatic N) is 2. The van der Waals surface area contributed by atoms with Crippen molar-refractivity contribution in [2.45, 2.75) is 38.3 Å². The first-order valence-corrected chi connectivity index (χ1v) is 8.26. The maximum Gasteiger partial charge on any atom is 0.327 e. The van der Waals surface area contributed by atoms with Gasteiger partial charge >= 0.3 is 12.0 Å². The fourth-order valence-electron chi connectivity index (χ4n) is 2.55. The number of likely N-dealkylation sites (tertiary alicyclic amines) is 1. The normalized spacial score (nSPS) is 26.9. The van der Waals surface area contributed by atoms with E-state index in [0.717, 1.165) is 19.3 Å². The van der Waals surface area contributed by atoms with Gasteiger partial charge in [-0.05, 0) is 19.3 Å². The minimum atomic E-state index is -0.917. The zero-order chi connectivity index (χ0) is 14.5. The second-order valence-electron chi connectivity index (χ2n) is 5.19. The van der Waals surface area contributed by atoms with Crippen LogP contribution in [-0.2, 0) is 9.53 Å². The van der Waals surface area contributed by atoms with Crippen LogP contribution >= 0.6 is 11.8 Å². The second kappa shape index (κ2) is 7.17. The molecule has 0 spiro atoms. The Morgan fingerprint density at radius 3 is 2.95 bits per heavy atom. The van der Waals surface area contributed by atoms with Crippen molar-refractivity contribution in [2.24, 2.45) is 0 Å². The Bertz CT molecular complexity index is 366. The summed E-state index contributed by atoms with van der Waals surface area (Å²) in [6, 6.07) is -0.850. The van der Waals surface area contributed by atoms with E-state index in [1.54, 1.807) is 4.90 Å². The molecular formula is C13H22N2O4S. The van der Waals surface area contributed by atoms with Gasteiger partial charge in [0.05, 0.1) is 12.0 Å². The molecule has 0 radical (unpaired) electrons. The molecule has 0 aromatic rings. The van der Waals surface area contributed by atoms with Gasteiger partial charge in [0.1, 0.15) is 6.04 Å². The lowest BCUT2D eigenvalue weighted by molar-refractivity contribution is -0.141. The van der Waals surface area contributed by atoms with E-state index < -0.39 is 12.0 Å². The third-order valence-electron chi connectivity index (χ3n) is 3.62. The number of piperidine rings is 1. The summed E-state index contributed by atoms with van der Waals surface area (Å²) in [5, 5.41) is 9.15. The maximum absolute atomic E-state index is 12.5. The Morgan fingerprint density at radius 2 is 2.25 bits per heavy atom. The molecule has 2 aliphatic heterocycles. The topological polar surface area (TPSA) is 70.1 Å². The molecule has 2 aliphatic rings. The lowest BCUT2D eigenvalue weighted by Crippen LogP contribution is -2.52. The summed E-state index contributed by atoms with van der Waals surface area (Å²) in [5.74, 6) is 0.0245. The summed E-state index contributed by atoms with van der Waals surface area (Å²) < 4.78 is 5.72. The fourth-order valence-corrected chi connectivity index (χ4v) is 3.69. The van der Waals surface area contributed by atoms with Gasteiger partial charge in [0.25, 0.3) is 0 Å². The van der Waals surface area contributed by atoms with Crippen LogP contribution in [0, 0.1) is 0 Å². The van der Waals surface area contributed by atoms with Crippen molar-refractivity contribution in [1.82, 2.24) is 9.80 Å². The highest BCUT2D eigenvalue weighted by Crippen LogP contribution is 2.24. The molecular weight excluding hydrogens is 280 g/mol. The van der Waals surface area contributed by atoms with Crippen LogP contribution in [0.1, 0.15) is 26.2 Å². The van der Waals surface area contributed by atoms with E-state index >= 15 is 0 Å². The summed E-state index contributed by atoms with van der Waals surface area (Å²) in [5.41, 5.74) is 0. The van der Waals surface area contributed by atoms with Gasteiger partial charge in [-0.1, -0.05) is 6.92 Å². The van der Waals surface area contributed by atoms with Gasteiger partial charge in [0, 0.05) is 25.4 Å². The average Bonchev–Trinajstić information content (AvgIpc) is 2.94. The van der Waals surface area contributed by atoms with Crippen molar-refractivity contribution < 1.29 is 19.4 Å². The quantitative estimate of drug-likeness (QED) is 0.851. The monoisotopic (exact) mass is 302 g/mol. The van der Waals surface area contributed by atoms with Crippen LogP contribution in [0.5, 0.6) is 0 Å². The number of urea groups is 1. The van der Waals surface area contributed by atoms with E-state index in [0.29, 0.717) is 31.3 Å². The van der Waals surface area contributed by atoms with Gasteiger partial charge in [0.2, 0.25) is 0 Å². The van der Waals surface area contributed by atoms with Crippen LogP contribution in [0.4, 0.5) is 4.79 Å². The Labute approximate surface area is 123 Å². The summed E-state index contributed by atoms with van der Waals surface area (Å²) >= 11 is 1.49. The predicted octanol–water partition coefficient (Wildman–Crippen LogP) is 1.46. The molecule has 2 fully saturated rings. The van der Waals surface area contributed by atoms with Crippen molar-refractivity contribution in [1.29, 1.82) is 0 Å². The lowest BCUT2D eigenvalue weighted by Gasteiger charge is -2.35. The smallest absolute Gasteiger partial charge is 0.327 e. The number of amides is 2. The highest BCUT2D eigenvalue weighted by molar-refractivity contribution is 7.99. The Hall–Kier alpha value is -0.950. The van der Waals surface area contributed by atoms with Gasteiger partial charge in [-0.3, -0.25) is 0 Å². The molecule has 20 heavy (non-hydrogen) atoms. The average molecular weight is 302 g/mol. The molecule has 0 aromatic heterocycles. The lowest BCUT2D eigenvalue weighted by atomic mass is 10.1. The number of carbonyl (C=O) groups is 2. The van der Waals surface area contributed by atoms with E-state index in [9.17, 15) is 9.59 Å². The molecule has 0 bridgehead atoms. The molecule has 2 atom stereocenters. The standard InChI is InChI=1S/C13H22N2O4S/c1-2-6-19-10-4-3-5-14(7-10)13(18)15-9-20-8-11(15)12(16)17/h10-11H,2-9H2,1H3,(H,16,17)/t10?,11-/m0/s1. The van der Waals surface area contributed by atoms with Gasteiger partial charge < -0.3 is 19.6 Å². The molecule has 1 unspecified atom stereocenters. The number of hydrogen-bond donors (Lipinski definition) is 1. The van der Waals surface area contributed by atoms with Crippen LogP contribution in [0.15, 0.2) is 0 Å². The summed E-state index contributed by atoms with van der Waals surface area (Å²) in [6.45, 7) is 4.04. The van der Waals surface area contributed by atoms with E-state index in [4.69, 9.17) is 9.84 Å². The van der Waals surface area contributed by atoms with Crippen molar-refractivity contribution in [3.63, 3.8) is 0 Å². The number of carboxylic acids is 1. The van der Waals surface area contributed by atoms with Crippen molar-refractivity contribution in [2.75, 3.05) is 31.3 Å². The van der Waals surface area contributed by atoms with Crippen LogP contribution in [-0.4, -0.2) is 70.4 Å². The van der Waals surface area contributed by atoms with Crippen LogP contribution < -0.4 is 0 Å². The maximum atomic E-state index is 12.5. The molecule has 114 valence electrons. The van der Waals surface area contributed by atoms with Crippen molar-refractivity contribution in [3.05, 3.63) is 0 Å².